The van der Waals surface area contributed by atoms with Crippen molar-refractivity contribution in [2.45, 2.75) is 18.6 Å². The number of nitrogens with zero attached hydrogens (tertiary/aromatic N) is 2. The molecule has 0 unspecified atom stereocenters. The average molecular weight is 442 g/mol. The van der Waals surface area contributed by atoms with Gasteiger partial charge >= 0.3 is 0 Å². The summed E-state index contributed by atoms with van der Waals surface area (Å²) in [7, 11) is 1.71. The molecule has 0 aliphatic heterocycles. The lowest BCUT2D eigenvalue weighted by molar-refractivity contribution is -0.118. The molecule has 0 fully saturated rings. The van der Waals surface area contributed by atoms with Crippen LogP contribution in [0.4, 0.5) is 0 Å². The Bertz CT molecular complexity index is 1210. The topological polar surface area (TPSA) is 64.0 Å². The van der Waals surface area contributed by atoms with Crippen LogP contribution in [0.2, 0.25) is 0 Å². The second-order valence-corrected chi connectivity index (χ2v) is 9.36. The van der Waals surface area contributed by atoms with E-state index in [-0.39, 0.29) is 17.2 Å². The average Bonchev–Trinajstić information content (AvgIpc) is 3.38. The summed E-state index contributed by atoms with van der Waals surface area (Å²) < 4.78 is 1.53. The Morgan fingerprint density at radius 3 is 2.72 bits per heavy atom. The Labute approximate surface area is 180 Å². The van der Waals surface area contributed by atoms with Gasteiger partial charge in [0.25, 0.3) is 5.56 Å². The van der Waals surface area contributed by atoms with E-state index in [9.17, 15) is 9.59 Å². The van der Waals surface area contributed by atoms with Crippen molar-refractivity contribution in [2.75, 3.05) is 5.75 Å². The van der Waals surface area contributed by atoms with E-state index in [1.807, 2.05) is 54.1 Å². The van der Waals surface area contributed by atoms with Crippen LogP contribution in [0.1, 0.15) is 11.1 Å². The molecule has 0 aliphatic carbocycles. The molecule has 1 aromatic carbocycles. The molecule has 1 amide bonds. The van der Waals surface area contributed by atoms with Gasteiger partial charge in [-0.2, -0.15) is 0 Å². The maximum Gasteiger partial charge on any atom is 0.263 e. The molecule has 8 heteroatoms. The number of rotatable bonds is 6. The van der Waals surface area contributed by atoms with E-state index < -0.39 is 0 Å². The third kappa shape index (κ3) is 4.29. The molecule has 29 heavy (non-hydrogen) atoms. The molecule has 0 saturated carbocycles. The van der Waals surface area contributed by atoms with Crippen molar-refractivity contribution in [3.63, 3.8) is 0 Å². The molecule has 5 nitrogen and oxygen atoms in total. The molecular weight excluding hydrogens is 422 g/mol. The van der Waals surface area contributed by atoms with Crippen molar-refractivity contribution in [1.29, 1.82) is 0 Å². The largest absolute Gasteiger partial charge is 0.351 e. The van der Waals surface area contributed by atoms with Gasteiger partial charge in [0.2, 0.25) is 5.91 Å². The fraction of sp³-hybridized carbons (Fsp3) is 0.190. The number of carbonyl (C=O) groups excluding carboxylic acids is 1. The number of carbonyl (C=O) groups is 1. The summed E-state index contributed by atoms with van der Waals surface area (Å²) >= 11 is 4.34. The summed E-state index contributed by atoms with van der Waals surface area (Å²) in [5.74, 6) is 0.122. The lowest BCUT2D eigenvalue weighted by atomic mass is 10.1. The van der Waals surface area contributed by atoms with Crippen molar-refractivity contribution in [3.8, 4) is 10.4 Å². The van der Waals surface area contributed by atoms with Crippen LogP contribution in [0.25, 0.3) is 20.7 Å². The summed E-state index contributed by atoms with van der Waals surface area (Å²) in [5.41, 5.74) is 3.09. The normalized spacial score (nSPS) is 11.1. The van der Waals surface area contributed by atoms with Gasteiger partial charge < -0.3 is 5.32 Å². The summed E-state index contributed by atoms with van der Waals surface area (Å²) in [4.78, 5) is 31.6. The number of thiophene rings is 2. The van der Waals surface area contributed by atoms with Crippen molar-refractivity contribution >= 4 is 50.6 Å². The molecular formula is C21H19N3O2S3. The second kappa shape index (κ2) is 8.52. The van der Waals surface area contributed by atoms with E-state index in [0.717, 1.165) is 16.0 Å². The van der Waals surface area contributed by atoms with Crippen LogP contribution in [0, 0.1) is 6.92 Å². The van der Waals surface area contributed by atoms with Gasteiger partial charge in [-0.1, -0.05) is 47.7 Å². The number of benzene rings is 1. The number of aromatic nitrogens is 2. The van der Waals surface area contributed by atoms with Gasteiger partial charge in [-0.05, 0) is 23.9 Å². The summed E-state index contributed by atoms with van der Waals surface area (Å²) in [5, 5.41) is 8.08. The Morgan fingerprint density at radius 1 is 1.21 bits per heavy atom. The zero-order valence-corrected chi connectivity index (χ0v) is 18.4. The quantitative estimate of drug-likeness (QED) is 0.355. The van der Waals surface area contributed by atoms with Crippen molar-refractivity contribution in [3.05, 3.63) is 68.6 Å². The first kappa shape index (κ1) is 19.9. The molecule has 1 N–H and O–H groups in total. The van der Waals surface area contributed by atoms with Crippen LogP contribution in [0.5, 0.6) is 0 Å². The minimum absolute atomic E-state index is 0.0813. The van der Waals surface area contributed by atoms with E-state index in [1.54, 1.807) is 18.4 Å². The van der Waals surface area contributed by atoms with Gasteiger partial charge in [0.05, 0.1) is 11.1 Å². The summed E-state index contributed by atoms with van der Waals surface area (Å²) in [6.07, 6.45) is 0. The minimum atomic E-state index is -0.0876. The SMILES string of the molecule is Cc1ccc(CNC(=O)CSc2nc3scc(-c4cccs4)c3c(=O)n2C)cc1. The first-order valence-corrected chi connectivity index (χ1v) is 11.7. The smallest absolute Gasteiger partial charge is 0.263 e. The molecule has 0 atom stereocenters. The maximum absolute atomic E-state index is 12.9. The summed E-state index contributed by atoms with van der Waals surface area (Å²) in [6, 6.07) is 12.0. The first-order chi connectivity index (χ1) is 14.0. The second-order valence-electron chi connectivity index (χ2n) is 6.62. The molecule has 4 rings (SSSR count). The van der Waals surface area contributed by atoms with Crippen molar-refractivity contribution in [1.82, 2.24) is 14.9 Å². The van der Waals surface area contributed by atoms with Crippen LogP contribution in [0.3, 0.4) is 0 Å². The number of fused-ring (bicyclic) bond motifs is 1. The van der Waals surface area contributed by atoms with Crippen LogP contribution in [0.15, 0.2) is 57.1 Å². The Balaban J connectivity index is 1.47. The lowest BCUT2D eigenvalue weighted by Gasteiger charge is -2.08. The number of aryl methyl sites for hydroxylation is 1. The number of nitrogens with one attached hydrogen (secondary N) is 1. The van der Waals surface area contributed by atoms with E-state index in [4.69, 9.17) is 0 Å². The van der Waals surface area contributed by atoms with E-state index in [0.29, 0.717) is 21.9 Å². The standard InChI is InChI=1S/C21H19N3O2S3/c1-13-5-7-14(8-6-13)10-22-17(25)12-29-21-23-19-18(20(26)24(21)2)15(11-28-19)16-4-3-9-27-16/h3-9,11H,10,12H2,1-2H3,(H,22,25). The van der Waals surface area contributed by atoms with Gasteiger partial charge in [-0.15, -0.1) is 22.7 Å². The van der Waals surface area contributed by atoms with Crippen LogP contribution < -0.4 is 10.9 Å². The number of thioether (sulfide) groups is 1. The lowest BCUT2D eigenvalue weighted by Crippen LogP contribution is -2.25. The van der Waals surface area contributed by atoms with E-state index in [1.165, 1.54) is 33.2 Å². The molecule has 0 spiro atoms. The van der Waals surface area contributed by atoms with Crippen LogP contribution in [-0.4, -0.2) is 21.2 Å². The molecule has 0 aliphatic rings. The zero-order chi connectivity index (χ0) is 20.4. The van der Waals surface area contributed by atoms with Crippen LogP contribution in [-0.2, 0) is 18.4 Å². The Kier molecular flexibility index (Phi) is 5.84. The predicted molar refractivity (Wildman–Crippen MR) is 122 cm³/mol. The maximum atomic E-state index is 12.9. The third-order valence-corrected chi connectivity index (χ3v) is 7.31. The van der Waals surface area contributed by atoms with Crippen LogP contribution >= 0.6 is 34.4 Å². The van der Waals surface area contributed by atoms with Gasteiger partial charge in [0.15, 0.2) is 5.16 Å². The third-order valence-electron chi connectivity index (χ3n) is 4.50. The van der Waals surface area contributed by atoms with Crippen molar-refractivity contribution in [2.24, 2.45) is 7.05 Å². The molecule has 0 radical (unpaired) electrons. The molecule has 0 saturated heterocycles. The monoisotopic (exact) mass is 441 g/mol. The number of amides is 1. The molecule has 148 valence electrons. The highest BCUT2D eigenvalue weighted by atomic mass is 32.2. The number of hydrogen-bond acceptors (Lipinski definition) is 6. The van der Waals surface area contributed by atoms with Gasteiger partial charge in [0.1, 0.15) is 4.83 Å². The Morgan fingerprint density at radius 2 is 2.00 bits per heavy atom. The predicted octanol–water partition coefficient (Wildman–Crippen LogP) is 4.44. The zero-order valence-electron chi connectivity index (χ0n) is 16.0. The fourth-order valence-electron chi connectivity index (χ4n) is 2.88. The first-order valence-electron chi connectivity index (χ1n) is 9.00. The van der Waals surface area contributed by atoms with E-state index >= 15 is 0 Å². The highest BCUT2D eigenvalue weighted by Gasteiger charge is 2.17. The van der Waals surface area contributed by atoms with Gasteiger partial charge in [-0.3, -0.25) is 14.2 Å². The molecule has 3 aromatic heterocycles. The highest BCUT2D eigenvalue weighted by molar-refractivity contribution is 7.99. The molecule has 3 heterocycles. The van der Waals surface area contributed by atoms with Gasteiger partial charge in [0, 0.05) is 29.4 Å². The van der Waals surface area contributed by atoms with Gasteiger partial charge in [-0.25, -0.2) is 4.98 Å². The fourth-order valence-corrected chi connectivity index (χ4v) is 5.49. The van der Waals surface area contributed by atoms with E-state index in [2.05, 4.69) is 10.3 Å². The highest BCUT2D eigenvalue weighted by Crippen LogP contribution is 2.34. The van der Waals surface area contributed by atoms with Crippen molar-refractivity contribution < 1.29 is 4.79 Å². The summed E-state index contributed by atoms with van der Waals surface area (Å²) in [6.45, 7) is 2.52. The number of hydrogen-bond donors (Lipinski definition) is 1. The Hall–Kier alpha value is -2.42. The minimum Gasteiger partial charge on any atom is -0.351 e. The molecule has 0 bridgehead atoms. The molecule has 4 aromatic rings.